The lowest BCUT2D eigenvalue weighted by atomic mass is 9.93. The van der Waals surface area contributed by atoms with Crippen molar-refractivity contribution in [1.29, 1.82) is 0 Å². The molecule has 3 aliphatic rings. The largest absolute Gasteiger partial charge is 0.454 e. The number of nitrogens with zero attached hydrogens (tertiary/aromatic N) is 1. The summed E-state index contributed by atoms with van der Waals surface area (Å²) in [6.07, 6.45) is 5.21. The highest BCUT2D eigenvalue weighted by Crippen LogP contribution is 2.32. The first kappa shape index (κ1) is 17.1. The van der Waals surface area contributed by atoms with Crippen LogP contribution in [0.15, 0.2) is 18.2 Å². The van der Waals surface area contributed by atoms with Crippen molar-refractivity contribution in [2.45, 2.75) is 44.8 Å². The zero-order valence-corrected chi connectivity index (χ0v) is 15.2. The molecule has 0 amide bonds. The Labute approximate surface area is 150 Å². The van der Waals surface area contributed by atoms with Gasteiger partial charge in [-0.05, 0) is 62.4 Å². The molecule has 1 aromatic carbocycles. The normalized spacial score (nSPS) is 29.2. The Balaban J connectivity index is 1.20. The van der Waals surface area contributed by atoms with Gasteiger partial charge >= 0.3 is 0 Å². The van der Waals surface area contributed by atoms with Gasteiger partial charge in [-0.15, -0.1) is 0 Å². The second kappa shape index (κ2) is 7.94. The van der Waals surface area contributed by atoms with E-state index in [1.54, 1.807) is 0 Å². The van der Waals surface area contributed by atoms with Crippen LogP contribution in [0.4, 0.5) is 0 Å². The molecule has 1 N–H and O–H groups in total. The quantitative estimate of drug-likeness (QED) is 0.857. The summed E-state index contributed by atoms with van der Waals surface area (Å²) in [6.45, 7) is 8.18. The van der Waals surface area contributed by atoms with Crippen molar-refractivity contribution in [3.05, 3.63) is 23.8 Å². The van der Waals surface area contributed by atoms with E-state index >= 15 is 0 Å². The Morgan fingerprint density at radius 2 is 2.12 bits per heavy atom. The summed E-state index contributed by atoms with van der Waals surface area (Å²) in [7, 11) is 0. The second-order valence-corrected chi connectivity index (χ2v) is 7.66. The molecule has 0 unspecified atom stereocenters. The van der Waals surface area contributed by atoms with E-state index < -0.39 is 0 Å². The van der Waals surface area contributed by atoms with Gasteiger partial charge in [-0.3, -0.25) is 0 Å². The molecule has 4 rings (SSSR count). The zero-order valence-electron chi connectivity index (χ0n) is 15.2. The van der Waals surface area contributed by atoms with Crippen molar-refractivity contribution in [3.8, 4) is 11.5 Å². The predicted molar refractivity (Wildman–Crippen MR) is 97.3 cm³/mol. The Kier molecular flexibility index (Phi) is 5.44. The number of piperidine rings is 1. The van der Waals surface area contributed by atoms with Crippen LogP contribution in [0.2, 0.25) is 0 Å². The third-order valence-corrected chi connectivity index (χ3v) is 5.73. The van der Waals surface area contributed by atoms with Crippen LogP contribution in [0.5, 0.6) is 11.5 Å². The maximum absolute atomic E-state index is 5.79. The van der Waals surface area contributed by atoms with Crippen molar-refractivity contribution in [2.75, 3.05) is 39.6 Å². The van der Waals surface area contributed by atoms with Gasteiger partial charge in [-0.2, -0.15) is 0 Å². The number of hydrogen-bond donors (Lipinski definition) is 1. The van der Waals surface area contributed by atoms with E-state index in [-0.39, 0.29) is 0 Å². The highest BCUT2D eigenvalue weighted by Gasteiger charge is 2.28. The molecule has 0 bridgehead atoms. The molecule has 0 saturated carbocycles. The molecule has 1 aromatic rings. The first-order valence-corrected chi connectivity index (χ1v) is 9.74. The van der Waals surface area contributed by atoms with Gasteiger partial charge in [0.05, 0.1) is 6.10 Å². The highest BCUT2D eigenvalue weighted by atomic mass is 16.7. The molecule has 2 saturated heterocycles. The average Bonchev–Trinajstić information content (AvgIpc) is 3.28. The molecule has 3 atom stereocenters. The summed E-state index contributed by atoms with van der Waals surface area (Å²) in [5.41, 5.74) is 1.31. The Morgan fingerprint density at radius 1 is 1.20 bits per heavy atom. The van der Waals surface area contributed by atoms with Gasteiger partial charge < -0.3 is 24.4 Å². The molecule has 3 heterocycles. The summed E-state index contributed by atoms with van der Waals surface area (Å²) in [5.74, 6) is 2.43. The number of benzene rings is 1. The van der Waals surface area contributed by atoms with Crippen molar-refractivity contribution in [2.24, 2.45) is 5.92 Å². The van der Waals surface area contributed by atoms with Crippen LogP contribution in [-0.4, -0.2) is 56.6 Å². The smallest absolute Gasteiger partial charge is 0.231 e. The maximum Gasteiger partial charge on any atom is 0.231 e. The molecule has 0 radical (unpaired) electrons. The molecular formula is C20H30N2O3. The molecular weight excluding hydrogens is 316 g/mol. The number of hydrogen-bond acceptors (Lipinski definition) is 5. The van der Waals surface area contributed by atoms with Gasteiger partial charge in [0.1, 0.15) is 0 Å². The SMILES string of the molecule is C[C@@H]1CN(C[C@H]2CCCO2)CC[C@@H]1NCCc1ccc2c(c1)OCO2. The molecule has 138 valence electrons. The third-order valence-electron chi connectivity index (χ3n) is 5.73. The minimum Gasteiger partial charge on any atom is -0.454 e. The summed E-state index contributed by atoms with van der Waals surface area (Å²) in [4.78, 5) is 2.59. The highest BCUT2D eigenvalue weighted by molar-refractivity contribution is 5.44. The lowest BCUT2D eigenvalue weighted by Crippen LogP contribution is -2.50. The van der Waals surface area contributed by atoms with Crippen LogP contribution >= 0.6 is 0 Å². The molecule has 3 aliphatic heterocycles. The molecule has 0 spiro atoms. The van der Waals surface area contributed by atoms with E-state index in [0.717, 1.165) is 37.6 Å². The van der Waals surface area contributed by atoms with Gasteiger partial charge in [0.15, 0.2) is 11.5 Å². The summed E-state index contributed by atoms with van der Waals surface area (Å²) in [5, 5.41) is 3.77. The first-order chi connectivity index (χ1) is 12.3. The van der Waals surface area contributed by atoms with Crippen LogP contribution in [0.1, 0.15) is 31.7 Å². The van der Waals surface area contributed by atoms with E-state index in [0.29, 0.717) is 24.9 Å². The lowest BCUT2D eigenvalue weighted by molar-refractivity contribution is 0.0514. The first-order valence-electron chi connectivity index (χ1n) is 9.74. The van der Waals surface area contributed by atoms with Gasteiger partial charge in [0.2, 0.25) is 6.79 Å². The van der Waals surface area contributed by atoms with E-state index in [4.69, 9.17) is 14.2 Å². The Bertz CT molecular complexity index is 574. The summed E-state index contributed by atoms with van der Waals surface area (Å²) < 4.78 is 16.6. The van der Waals surface area contributed by atoms with Crippen LogP contribution in [0, 0.1) is 5.92 Å². The van der Waals surface area contributed by atoms with Crippen LogP contribution in [-0.2, 0) is 11.2 Å². The summed E-state index contributed by atoms with van der Waals surface area (Å²) >= 11 is 0. The van der Waals surface area contributed by atoms with Crippen LogP contribution in [0.3, 0.4) is 0 Å². The fraction of sp³-hybridized carbons (Fsp3) is 0.700. The second-order valence-electron chi connectivity index (χ2n) is 7.66. The zero-order chi connectivity index (χ0) is 17.1. The van der Waals surface area contributed by atoms with E-state index in [1.807, 2.05) is 6.07 Å². The molecule has 25 heavy (non-hydrogen) atoms. The maximum atomic E-state index is 5.79. The standard InChI is InChI=1S/C20H30N2O3/c1-15-12-22(13-17-3-2-10-23-17)9-7-18(15)21-8-6-16-4-5-19-20(11-16)25-14-24-19/h4-5,11,15,17-18,21H,2-3,6-10,12-14H2,1H3/t15-,17-,18+/m1/s1. The van der Waals surface area contributed by atoms with E-state index in [9.17, 15) is 0 Å². The minimum absolute atomic E-state index is 0.346. The monoisotopic (exact) mass is 346 g/mol. The molecule has 5 nitrogen and oxygen atoms in total. The molecule has 0 aromatic heterocycles. The van der Waals surface area contributed by atoms with Gasteiger partial charge in [-0.25, -0.2) is 0 Å². The van der Waals surface area contributed by atoms with Crippen molar-refractivity contribution in [3.63, 3.8) is 0 Å². The van der Waals surface area contributed by atoms with Crippen LogP contribution < -0.4 is 14.8 Å². The number of nitrogens with one attached hydrogen (secondary N) is 1. The topological polar surface area (TPSA) is 43.0 Å². The van der Waals surface area contributed by atoms with Crippen molar-refractivity contribution < 1.29 is 14.2 Å². The number of fused-ring (bicyclic) bond motifs is 1. The third kappa shape index (κ3) is 4.27. The fourth-order valence-corrected chi connectivity index (χ4v) is 4.28. The average molecular weight is 346 g/mol. The number of likely N-dealkylation sites (tertiary alicyclic amines) is 1. The number of ether oxygens (including phenoxy) is 3. The Morgan fingerprint density at radius 3 is 2.96 bits per heavy atom. The van der Waals surface area contributed by atoms with Gasteiger partial charge in [-0.1, -0.05) is 13.0 Å². The van der Waals surface area contributed by atoms with Gasteiger partial charge in [0, 0.05) is 25.7 Å². The van der Waals surface area contributed by atoms with E-state index in [2.05, 4.69) is 29.3 Å². The lowest BCUT2D eigenvalue weighted by Gasteiger charge is -2.38. The van der Waals surface area contributed by atoms with Crippen LogP contribution in [0.25, 0.3) is 0 Å². The molecule has 5 heteroatoms. The van der Waals surface area contributed by atoms with Gasteiger partial charge in [0.25, 0.3) is 0 Å². The fourth-order valence-electron chi connectivity index (χ4n) is 4.28. The Hall–Kier alpha value is -1.30. The molecule has 0 aliphatic carbocycles. The number of rotatable bonds is 6. The van der Waals surface area contributed by atoms with Crippen molar-refractivity contribution >= 4 is 0 Å². The minimum atomic E-state index is 0.346. The molecule has 2 fully saturated rings. The van der Waals surface area contributed by atoms with E-state index in [1.165, 1.54) is 37.9 Å². The summed E-state index contributed by atoms with van der Waals surface area (Å²) in [6, 6.07) is 6.89. The predicted octanol–water partition coefficient (Wildman–Crippen LogP) is 2.44. The van der Waals surface area contributed by atoms with Crippen molar-refractivity contribution in [1.82, 2.24) is 10.2 Å².